The molecule has 0 aromatic rings. The van der Waals surface area contributed by atoms with Gasteiger partial charge in [0.1, 0.15) is 0 Å². The van der Waals surface area contributed by atoms with Crippen molar-refractivity contribution in [3.63, 3.8) is 0 Å². The first kappa shape index (κ1) is 8.43. The van der Waals surface area contributed by atoms with Gasteiger partial charge in [0, 0.05) is 6.42 Å². The van der Waals surface area contributed by atoms with Gasteiger partial charge in [0.2, 0.25) is 5.91 Å². The molecule has 0 aromatic carbocycles. The van der Waals surface area contributed by atoms with Gasteiger partial charge in [-0.05, 0) is 19.4 Å². The summed E-state index contributed by atoms with van der Waals surface area (Å²) >= 11 is 0. The summed E-state index contributed by atoms with van der Waals surface area (Å²) in [6.45, 7) is 0.707. The molecule has 0 unspecified atom stereocenters. The van der Waals surface area contributed by atoms with Crippen molar-refractivity contribution in [3.8, 4) is 0 Å². The van der Waals surface area contributed by atoms with Gasteiger partial charge in [-0.2, -0.15) is 0 Å². The van der Waals surface area contributed by atoms with Crippen LogP contribution in [0.5, 0.6) is 0 Å². The van der Waals surface area contributed by atoms with E-state index in [9.17, 15) is 4.79 Å². The molecule has 3 nitrogen and oxygen atoms in total. The Kier molecular flexibility index (Phi) is 5.21. The highest BCUT2D eigenvalue weighted by Crippen LogP contribution is 1.96. The Morgan fingerprint density at radius 2 is 1.89 bits per heavy atom. The van der Waals surface area contributed by atoms with Crippen LogP contribution in [-0.2, 0) is 4.79 Å². The van der Waals surface area contributed by atoms with Crippen molar-refractivity contribution in [2.45, 2.75) is 25.7 Å². The summed E-state index contributed by atoms with van der Waals surface area (Å²) in [7, 11) is 0. The van der Waals surface area contributed by atoms with E-state index < -0.39 is 0 Å². The quantitative estimate of drug-likeness (QED) is 0.514. The van der Waals surface area contributed by atoms with E-state index in [0.717, 1.165) is 19.3 Å². The molecule has 1 amide bonds. The number of primary amides is 1. The van der Waals surface area contributed by atoms with Gasteiger partial charge < -0.3 is 11.5 Å². The number of amides is 1. The predicted molar refractivity (Wildman–Crippen MR) is 36.7 cm³/mol. The number of unbranched alkanes of at least 4 members (excludes halogenated alkanes) is 2. The lowest BCUT2D eigenvalue weighted by Gasteiger charge is -1.93. The number of nitrogens with two attached hydrogens (primary N) is 2. The number of rotatable bonds is 5. The fourth-order valence-electron chi connectivity index (χ4n) is 0.620. The van der Waals surface area contributed by atoms with E-state index in [1.165, 1.54) is 0 Å². The summed E-state index contributed by atoms with van der Waals surface area (Å²) < 4.78 is 0. The molecule has 0 saturated carbocycles. The van der Waals surface area contributed by atoms with Crippen molar-refractivity contribution in [2.75, 3.05) is 6.54 Å². The predicted octanol–water partition coefficient (Wildman–Crippen LogP) is -0.00920. The van der Waals surface area contributed by atoms with Gasteiger partial charge in [0.25, 0.3) is 0 Å². The summed E-state index contributed by atoms with van der Waals surface area (Å²) in [4.78, 5) is 10.2. The summed E-state index contributed by atoms with van der Waals surface area (Å²) in [5, 5.41) is 0. The molecule has 0 aliphatic carbocycles. The molecule has 0 heterocycles. The fraction of sp³-hybridized carbons (Fsp3) is 0.833. The second-order valence-corrected chi connectivity index (χ2v) is 2.07. The van der Waals surface area contributed by atoms with Crippen molar-refractivity contribution in [1.82, 2.24) is 0 Å². The zero-order valence-electron chi connectivity index (χ0n) is 5.60. The Hall–Kier alpha value is -0.570. The minimum absolute atomic E-state index is 0.216. The molecule has 0 aliphatic rings. The van der Waals surface area contributed by atoms with Crippen molar-refractivity contribution < 1.29 is 4.79 Å². The summed E-state index contributed by atoms with van der Waals surface area (Å²) in [5.74, 6) is -0.216. The SMILES string of the molecule is NCCCCCC(N)=O. The molecule has 0 rings (SSSR count). The van der Waals surface area contributed by atoms with Gasteiger partial charge in [-0.25, -0.2) is 0 Å². The Morgan fingerprint density at radius 1 is 1.22 bits per heavy atom. The van der Waals surface area contributed by atoms with Gasteiger partial charge in [0.05, 0.1) is 0 Å². The number of hydrogen-bond acceptors (Lipinski definition) is 2. The Labute approximate surface area is 55.4 Å². The van der Waals surface area contributed by atoms with Gasteiger partial charge >= 0.3 is 0 Å². The van der Waals surface area contributed by atoms with Crippen LogP contribution in [0.2, 0.25) is 0 Å². The maximum Gasteiger partial charge on any atom is 0.217 e. The van der Waals surface area contributed by atoms with Crippen molar-refractivity contribution in [2.24, 2.45) is 11.5 Å². The maximum absolute atomic E-state index is 10.2. The lowest BCUT2D eigenvalue weighted by molar-refractivity contribution is -0.118. The second kappa shape index (κ2) is 5.56. The van der Waals surface area contributed by atoms with Gasteiger partial charge in [0.15, 0.2) is 0 Å². The molecule has 3 heteroatoms. The van der Waals surface area contributed by atoms with Gasteiger partial charge in [-0.15, -0.1) is 0 Å². The molecule has 0 spiro atoms. The van der Waals surface area contributed by atoms with Crippen molar-refractivity contribution >= 4 is 5.91 Å². The standard InChI is InChI=1S/C6H14N2O/c7-5-3-1-2-4-6(8)9/h1-5,7H2,(H2,8,9). The maximum atomic E-state index is 10.2. The van der Waals surface area contributed by atoms with Crippen molar-refractivity contribution in [3.05, 3.63) is 0 Å². The summed E-state index contributed by atoms with van der Waals surface area (Å²) in [5.41, 5.74) is 10.1. The van der Waals surface area contributed by atoms with Crippen LogP contribution in [0.3, 0.4) is 0 Å². The monoisotopic (exact) mass is 130 g/mol. The largest absolute Gasteiger partial charge is 0.370 e. The molecular weight excluding hydrogens is 116 g/mol. The number of hydrogen-bond donors (Lipinski definition) is 2. The van der Waals surface area contributed by atoms with Crippen LogP contribution in [0.25, 0.3) is 0 Å². The first-order chi connectivity index (χ1) is 4.27. The first-order valence-corrected chi connectivity index (χ1v) is 3.25. The zero-order chi connectivity index (χ0) is 7.11. The summed E-state index contributed by atoms with van der Waals surface area (Å²) in [6.07, 6.45) is 3.39. The van der Waals surface area contributed by atoms with Crippen molar-refractivity contribution in [1.29, 1.82) is 0 Å². The molecule has 54 valence electrons. The molecule has 0 saturated heterocycles. The van der Waals surface area contributed by atoms with Crippen LogP contribution in [0.4, 0.5) is 0 Å². The fourth-order valence-corrected chi connectivity index (χ4v) is 0.620. The highest BCUT2D eigenvalue weighted by Gasteiger charge is 1.91. The topological polar surface area (TPSA) is 69.1 Å². The zero-order valence-corrected chi connectivity index (χ0v) is 5.60. The van der Waals surface area contributed by atoms with Crippen LogP contribution in [0, 0.1) is 0 Å². The third-order valence-corrected chi connectivity index (χ3v) is 1.13. The van der Waals surface area contributed by atoms with Crippen LogP contribution in [0.1, 0.15) is 25.7 Å². The van der Waals surface area contributed by atoms with E-state index >= 15 is 0 Å². The molecule has 0 aliphatic heterocycles. The Morgan fingerprint density at radius 3 is 2.33 bits per heavy atom. The van der Waals surface area contributed by atoms with E-state index in [2.05, 4.69) is 0 Å². The molecule has 0 aromatic heterocycles. The number of carbonyl (C=O) groups excluding carboxylic acids is 1. The minimum Gasteiger partial charge on any atom is -0.370 e. The molecule has 0 bridgehead atoms. The molecular formula is C6H14N2O. The van der Waals surface area contributed by atoms with Crippen LogP contribution < -0.4 is 11.5 Å². The van der Waals surface area contributed by atoms with E-state index in [1.807, 2.05) is 0 Å². The van der Waals surface area contributed by atoms with Crippen LogP contribution in [-0.4, -0.2) is 12.5 Å². The molecule has 0 atom stereocenters. The smallest absolute Gasteiger partial charge is 0.217 e. The Bertz CT molecular complexity index is 83.1. The lowest BCUT2D eigenvalue weighted by atomic mass is 10.2. The third-order valence-electron chi connectivity index (χ3n) is 1.13. The van der Waals surface area contributed by atoms with E-state index in [-0.39, 0.29) is 5.91 Å². The van der Waals surface area contributed by atoms with Crippen LogP contribution in [0.15, 0.2) is 0 Å². The average molecular weight is 130 g/mol. The minimum atomic E-state index is -0.216. The molecule has 0 fully saturated rings. The highest BCUT2D eigenvalue weighted by atomic mass is 16.1. The second-order valence-electron chi connectivity index (χ2n) is 2.07. The number of carbonyl (C=O) groups is 1. The lowest BCUT2D eigenvalue weighted by Crippen LogP contribution is -2.09. The normalized spacial score (nSPS) is 9.44. The summed E-state index contributed by atoms with van der Waals surface area (Å²) in [6, 6.07) is 0. The molecule has 0 radical (unpaired) electrons. The third kappa shape index (κ3) is 7.43. The Balaban J connectivity index is 2.83. The molecule has 9 heavy (non-hydrogen) atoms. The van der Waals surface area contributed by atoms with E-state index in [4.69, 9.17) is 11.5 Å². The van der Waals surface area contributed by atoms with E-state index in [0.29, 0.717) is 13.0 Å². The average Bonchev–Trinajstić information content (AvgIpc) is 1.80. The first-order valence-electron chi connectivity index (χ1n) is 3.25. The molecule has 4 N–H and O–H groups in total. The highest BCUT2D eigenvalue weighted by molar-refractivity contribution is 5.73. The van der Waals surface area contributed by atoms with Gasteiger partial charge in [-0.3, -0.25) is 4.79 Å². The van der Waals surface area contributed by atoms with E-state index in [1.54, 1.807) is 0 Å². The van der Waals surface area contributed by atoms with Gasteiger partial charge in [-0.1, -0.05) is 6.42 Å². The van der Waals surface area contributed by atoms with Crippen LogP contribution >= 0.6 is 0 Å².